The van der Waals surface area contributed by atoms with Crippen molar-refractivity contribution in [2.45, 2.75) is 11.8 Å². The molecule has 0 aliphatic carbocycles. The summed E-state index contributed by atoms with van der Waals surface area (Å²) in [5, 5.41) is 14.1. The smallest absolute Gasteiger partial charge is 0.274 e. The second-order valence-corrected chi connectivity index (χ2v) is 13.2. The lowest BCUT2D eigenvalue weighted by Gasteiger charge is -2.07. The minimum atomic E-state index is -4.01. The fourth-order valence-corrected chi connectivity index (χ4v) is 6.65. The van der Waals surface area contributed by atoms with E-state index in [1.807, 2.05) is 22.9 Å². The molecule has 5 aromatic rings. The van der Waals surface area contributed by atoms with Crippen LogP contribution in [0.4, 0.5) is 5.69 Å². The van der Waals surface area contributed by atoms with Crippen molar-refractivity contribution in [1.82, 2.24) is 24.9 Å². The van der Waals surface area contributed by atoms with E-state index in [9.17, 15) is 21.6 Å². The maximum atomic E-state index is 12.7. The van der Waals surface area contributed by atoms with Gasteiger partial charge in [-0.2, -0.15) is 13.1 Å². The molecule has 16 heteroatoms. The number of benzene rings is 2. The van der Waals surface area contributed by atoms with Gasteiger partial charge in [-0.3, -0.25) is 9.78 Å². The summed E-state index contributed by atoms with van der Waals surface area (Å²) >= 11 is 1.14. The van der Waals surface area contributed by atoms with E-state index < -0.39 is 31.8 Å². The van der Waals surface area contributed by atoms with Gasteiger partial charge in [0.25, 0.3) is 16.1 Å². The Labute approximate surface area is 232 Å². The summed E-state index contributed by atoms with van der Waals surface area (Å²) < 4.78 is 55.8. The molecule has 0 radical (unpaired) electrons. The molecule has 0 saturated carbocycles. The van der Waals surface area contributed by atoms with E-state index in [4.69, 9.17) is 9.56 Å². The average Bonchev–Trinajstić information content (AvgIpc) is 3.53. The minimum Gasteiger partial charge on any atom is -0.422 e. The quantitative estimate of drug-likeness (QED) is 0.226. The molecule has 5 rings (SSSR count). The molecule has 0 fully saturated rings. The van der Waals surface area contributed by atoms with Crippen molar-refractivity contribution in [1.29, 1.82) is 0 Å². The number of sulfone groups is 1. The number of carbonyl (C=O) groups excluding carboxylic acids is 1. The van der Waals surface area contributed by atoms with E-state index >= 15 is 0 Å². The molecule has 40 heavy (non-hydrogen) atoms. The average molecular weight is 600 g/mol. The molecule has 0 bridgehead atoms. The van der Waals surface area contributed by atoms with Gasteiger partial charge >= 0.3 is 0 Å². The van der Waals surface area contributed by atoms with Crippen molar-refractivity contribution < 1.29 is 26.0 Å². The third kappa shape index (κ3) is 6.37. The summed E-state index contributed by atoms with van der Waals surface area (Å²) in [6.45, 7) is -0.398. The van der Waals surface area contributed by atoms with Gasteiger partial charge in [0.15, 0.2) is 15.1 Å². The number of pyridine rings is 1. The van der Waals surface area contributed by atoms with E-state index in [2.05, 4.69) is 25.5 Å². The molecule has 3 aromatic heterocycles. The summed E-state index contributed by atoms with van der Waals surface area (Å²) in [6.07, 6.45) is 4.19. The highest BCUT2D eigenvalue weighted by atomic mass is 32.2. The third-order valence-electron chi connectivity index (χ3n) is 5.57. The fraction of sp³-hybridized carbons (Fsp3) is 0.125. The highest BCUT2D eigenvalue weighted by Crippen LogP contribution is 2.36. The van der Waals surface area contributed by atoms with Gasteiger partial charge in [0, 0.05) is 18.0 Å². The normalized spacial score (nSPS) is 12.8. The van der Waals surface area contributed by atoms with Gasteiger partial charge in [-0.1, -0.05) is 18.2 Å². The molecular weight excluding hydrogens is 579 g/mol. The molecule has 0 aliphatic heterocycles. The number of nitrogens with one attached hydrogen (secondary N) is 2. The molecule has 4 N–H and O–H groups in total. The topological polar surface area (TPSA) is 200 Å². The standard InChI is InChI=1S/C24H21N7O6S3/c1-39(33,34)21(23-31-30-20(37-23)13-27-40(25,35)36)24-29-18-8-7-15(11-19(18)38-24)14-4-2-5-16(10-14)22(32)28-17-6-3-9-26-12-17/h2-12,21,27H,13H2,1H3,(H,28,32)(H2,25,35,36). The molecule has 2 aromatic carbocycles. The number of hydrogen-bond acceptors (Lipinski definition) is 11. The van der Waals surface area contributed by atoms with Crippen LogP contribution in [0.1, 0.15) is 32.4 Å². The third-order valence-corrected chi connectivity index (χ3v) is 8.63. The molecule has 1 atom stereocenters. The predicted molar refractivity (Wildman–Crippen MR) is 148 cm³/mol. The number of carbonyl (C=O) groups is 1. The van der Waals surface area contributed by atoms with Crippen LogP contribution < -0.4 is 15.2 Å². The Balaban J connectivity index is 1.43. The first-order valence-corrected chi connectivity index (χ1v) is 15.8. The highest BCUT2D eigenvalue weighted by molar-refractivity contribution is 7.91. The van der Waals surface area contributed by atoms with Crippen LogP contribution in [0.15, 0.2) is 71.4 Å². The van der Waals surface area contributed by atoms with Crippen LogP contribution in [0.25, 0.3) is 21.3 Å². The summed E-state index contributed by atoms with van der Waals surface area (Å²) in [6, 6.07) is 16.0. The summed E-state index contributed by atoms with van der Waals surface area (Å²) in [4.78, 5) is 21.2. The van der Waals surface area contributed by atoms with E-state index in [1.165, 1.54) is 0 Å². The van der Waals surface area contributed by atoms with Gasteiger partial charge in [0.1, 0.15) is 5.01 Å². The zero-order chi connectivity index (χ0) is 28.5. The second-order valence-electron chi connectivity index (χ2n) is 8.62. The van der Waals surface area contributed by atoms with E-state index in [0.29, 0.717) is 21.5 Å². The molecule has 0 saturated heterocycles. The van der Waals surface area contributed by atoms with Crippen molar-refractivity contribution in [2.75, 3.05) is 11.6 Å². The van der Waals surface area contributed by atoms with Crippen LogP contribution in [-0.2, 0) is 26.6 Å². The second kappa shape index (κ2) is 10.8. The fourth-order valence-electron chi connectivity index (χ4n) is 3.79. The van der Waals surface area contributed by atoms with Crippen LogP contribution in [0.3, 0.4) is 0 Å². The van der Waals surface area contributed by atoms with Crippen LogP contribution in [0.2, 0.25) is 0 Å². The van der Waals surface area contributed by atoms with Gasteiger partial charge < -0.3 is 9.73 Å². The van der Waals surface area contributed by atoms with Gasteiger partial charge in [-0.05, 0) is 47.5 Å². The first-order valence-electron chi connectivity index (χ1n) is 11.5. The maximum absolute atomic E-state index is 12.7. The van der Waals surface area contributed by atoms with Gasteiger partial charge in [0.2, 0.25) is 11.8 Å². The predicted octanol–water partition coefficient (Wildman–Crippen LogP) is 2.42. The number of fused-ring (bicyclic) bond motifs is 1. The molecule has 3 heterocycles. The number of amides is 1. The Morgan fingerprint density at radius 1 is 1.05 bits per heavy atom. The lowest BCUT2D eigenvalue weighted by Crippen LogP contribution is -2.30. The lowest BCUT2D eigenvalue weighted by atomic mass is 10.0. The molecule has 206 valence electrons. The molecule has 1 unspecified atom stereocenters. The minimum absolute atomic E-state index is 0.159. The Morgan fingerprint density at radius 2 is 1.85 bits per heavy atom. The SMILES string of the molecule is CS(=O)(=O)C(c1nnc(CNS(N)(=O)=O)o1)c1nc2ccc(-c3cccc(C(=O)Nc4cccnc4)c3)cc2s1. The summed E-state index contributed by atoms with van der Waals surface area (Å²) in [7, 11) is -7.82. The number of anilines is 1. The molecule has 1 amide bonds. The highest BCUT2D eigenvalue weighted by Gasteiger charge is 2.34. The number of thiazole rings is 1. The summed E-state index contributed by atoms with van der Waals surface area (Å²) in [5.74, 6) is -0.695. The maximum Gasteiger partial charge on any atom is 0.274 e. The van der Waals surface area contributed by atoms with Crippen LogP contribution in [0.5, 0.6) is 0 Å². The Kier molecular flexibility index (Phi) is 7.43. The van der Waals surface area contributed by atoms with Crippen LogP contribution in [-0.4, -0.2) is 49.2 Å². The number of rotatable bonds is 9. The van der Waals surface area contributed by atoms with Crippen molar-refractivity contribution in [3.05, 3.63) is 89.3 Å². The van der Waals surface area contributed by atoms with Gasteiger partial charge in [0.05, 0.1) is 28.6 Å². The number of hydrogen-bond donors (Lipinski definition) is 3. The van der Waals surface area contributed by atoms with Crippen molar-refractivity contribution in [3.8, 4) is 11.1 Å². The number of aromatic nitrogens is 4. The Morgan fingerprint density at radius 3 is 2.58 bits per heavy atom. The largest absolute Gasteiger partial charge is 0.422 e. The van der Waals surface area contributed by atoms with Crippen molar-refractivity contribution in [2.24, 2.45) is 5.14 Å². The van der Waals surface area contributed by atoms with Gasteiger partial charge in [-0.25, -0.2) is 18.5 Å². The number of nitrogens with zero attached hydrogens (tertiary/aromatic N) is 4. The lowest BCUT2D eigenvalue weighted by molar-refractivity contribution is 0.102. The molecular formula is C24H21N7O6S3. The zero-order valence-electron chi connectivity index (χ0n) is 20.7. The Hall–Kier alpha value is -4.09. The zero-order valence-corrected chi connectivity index (χ0v) is 23.1. The Bertz CT molecular complexity index is 1920. The molecule has 13 nitrogen and oxygen atoms in total. The monoisotopic (exact) mass is 599 g/mol. The van der Waals surface area contributed by atoms with Crippen molar-refractivity contribution >= 4 is 53.2 Å². The van der Waals surface area contributed by atoms with E-state index in [-0.39, 0.29) is 22.7 Å². The first-order chi connectivity index (χ1) is 19.0. The molecule has 0 aliphatic rings. The van der Waals surface area contributed by atoms with Crippen molar-refractivity contribution in [3.63, 3.8) is 0 Å². The number of nitrogens with two attached hydrogens (primary N) is 1. The first kappa shape index (κ1) is 27.5. The van der Waals surface area contributed by atoms with Crippen LogP contribution in [0, 0.1) is 0 Å². The van der Waals surface area contributed by atoms with E-state index in [1.54, 1.807) is 48.8 Å². The van der Waals surface area contributed by atoms with Gasteiger partial charge in [-0.15, -0.1) is 21.5 Å². The van der Waals surface area contributed by atoms with E-state index in [0.717, 1.165) is 28.7 Å². The molecule has 0 spiro atoms. The van der Waals surface area contributed by atoms with Crippen LogP contribution >= 0.6 is 11.3 Å². The summed E-state index contributed by atoms with van der Waals surface area (Å²) in [5.41, 5.74) is 3.15.